The summed E-state index contributed by atoms with van der Waals surface area (Å²) in [7, 11) is -6.08. The highest BCUT2D eigenvalue weighted by molar-refractivity contribution is 7.88. The zero-order chi connectivity index (χ0) is 33.8. The number of halogens is 5. The lowest BCUT2D eigenvalue weighted by Gasteiger charge is -2.37. The zero-order valence-electron chi connectivity index (χ0n) is 25.7. The molecule has 5 rings (SSSR count). The number of rotatable bonds is 7. The fraction of sp³-hybridized carbons (Fsp3) is 0.375. The fourth-order valence-corrected chi connectivity index (χ4v) is 6.07. The molecule has 1 saturated heterocycles. The first-order valence-electron chi connectivity index (χ1n) is 14.4. The van der Waals surface area contributed by atoms with Crippen molar-refractivity contribution in [2.24, 2.45) is 5.41 Å². The van der Waals surface area contributed by atoms with Gasteiger partial charge in [0.05, 0.1) is 28.4 Å². The van der Waals surface area contributed by atoms with Crippen LogP contribution in [-0.2, 0) is 10.1 Å². The van der Waals surface area contributed by atoms with Crippen LogP contribution in [0.15, 0.2) is 51.7 Å². The minimum absolute atomic E-state index is 0.0467. The first kappa shape index (κ1) is 33.5. The van der Waals surface area contributed by atoms with Crippen molar-refractivity contribution < 1.29 is 34.6 Å². The number of nitrogens with one attached hydrogen (secondary N) is 1. The maximum absolute atomic E-state index is 14.9. The quantitative estimate of drug-likeness (QED) is 0.0900. The number of alkyl halides is 3. The van der Waals surface area contributed by atoms with Gasteiger partial charge in [-0.1, -0.05) is 31.5 Å². The van der Waals surface area contributed by atoms with E-state index in [-0.39, 0.29) is 27.3 Å². The predicted molar refractivity (Wildman–Crippen MR) is 169 cm³/mol. The summed E-state index contributed by atoms with van der Waals surface area (Å²) in [4.78, 5) is 20.0. The maximum atomic E-state index is 14.9. The van der Waals surface area contributed by atoms with Gasteiger partial charge in [-0.2, -0.15) is 21.6 Å². The Morgan fingerprint density at radius 2 is 1.76 bits per heavy atom. The first-order valence-corrected chi connectivity index (χ1v) is 16.2. The summed E-state index contributed by atoms with van der Waals surface area (Å²) in [6.07, 6.45) is 1.90. The molecule has 0 saturated carbocycles. The van der Waals surface area contributed by atoms with E-state index < -0.39 is 33.2 Å². The summed E-state index contributed by atoms with van der Waals surface area (Å²) >= 11 is 6.15. The van der Waals surface area contributed by atoms with Crippen molar-refractivity contribution in [3.05, 3.63) is 80.3 Å². The molecule has 2 aromatic carbocycles. The number of aryl methyl sites for hydroxylation is 1. The predicted octanol–water partition coefficient (Wildman–Crippen LogP) is 8.29. The third kappa shape index (κ3) is 6.66. The van der Waals surface area contributed by atoms with Crippen molar-refractivity contribution in [2.75, 3.05) is 23.3 Å². The van der Waals surface area contributed by atoms with E-state index in [2.05, 4.69) is 33.2 Å². The van der Waals surface area contributed by atoms with Crippen LogP contribution in [0.3, 0.4) is 0 Å². The maximum Gasteiger partial charge on any atom is 0.534 e. The SMILES string of the molecule is Cc1cc(C(C)Nc2ccc(Cl)nc2-c2ccc(OS(=O)(=O)C(F)(F)F)c(F)c2)c2oc(N3CCC(C)(C)CC3)c(C)c(=O)c2c1. The second kappa shape index (κ2) is 12.1. The fourth-order valence-electron chi connectivity index (χ4n) is 5.46. The molecular weight excluding hydrogens is 650 g/mol. The molecule has 0 amide bonds. The van der Waals surface area contributed by atoms with E-state index in [1.165, 1.54) is 6.07 Å². The van der Waals surface area contributed by atoms with E-state index in [1.807, 2.05) is 19.9 Å². The van der Waals surface area contributed by atoms with E-state index >= 15 is 0 Å². The van der Waals surface area contributed by atoms with Crippen molar-refractivity contribution in [2.45, 2.75) is 59.0 Å². The van der Waals surface area contributed by atoms with Gasteiger partial charge < -0.3 is 18.8 Å². The van der Waals surface area contributed by atoms with Gasteiger partial charge in [0.15, 0.2) is 17.0 Å². The molecule has 1 aliphatic heterocycles. The van der Waals surface area contributed by atoms with Gasteiger partial charge in [0.1, 0.15) is 10.7 Å². The molecule has 1 atom stereocenters. The van der Waals surface area contributed by atoms with Crippen LogP contribution < -0.4 is 19.8 Å². The molecule has 8 nitrogen and oxygen atoms in total. The Hall–Kier alpha value is -3.84. The number of anilines is 2. The summed E-state index contributed by atoms with van der Waals surface area (Å²) in [6, 6.07) is 9.01. The van der Waals surface area contributed by atoms with Gasteiger partial charge in [-0.05, 0) is 81.0 Å². The third-order valence-corrected chi connectivity index (χ3v) is 9.34. The molecular formula is C32H32ClF4N3O5S. The molecule has 46 heavy (non-hydrogen) atoms. The molecule has 2 aromatic heterocycles. The number of nitrogens with zero attached hydrogens (tertiary/aromatic N) is 2. The van der Waals surface area contributed by atoms with Crippen molar-refractivity contribution >= 4 is 44.3 Å². The minimum atomic E-state index is -6.08. The Bertz CT molecular complexity index is 1990. The Kier molecular flexibility index (Phi) is 8.80. The van der Waals surface area contributed by atoms with E-state index in [9.17, 15) is 30.8 Å². The molecule has 1 aliphatic rings. The lowest BCUT2D eigenvalue weighted by Crippen LogP contribution is -2.38. The number of pyridine rings is 1. The molecule has 246 valence electrons. The van der Waals surface area contributed by atoms with Crippen LogP contribution in [0, 0.1) is 25.1 Å². The second-order valence-corrected chi connectivity index (χ2v) is 14.2. The Labute approximate surface area is 268 Å². The summed E-state index contributed by atoms with van der Waals surface area (Å²) in [6.45, 7) is 11.4. The van der Waals surface area contributed by atoms with Crippen molar-refractivity contribution in [3.63, 3.8) is 0 Å². The lowest BCUT2D eigenvalue weighted by molar-refractivity contribution is -0.0500. The molecule has 14 heteroatoms. The molecule has 1 N–H and O–H groups in total. The largest absolute Gasteiger partial charge is 0.534 e. The number of hydrogen-bond donors (Lipinski definition) is 1. The van der Waals surface area contributed by atoms with Crippen LogP contribution in [-0.4, -0.2) is 32.0 Å². The highest BCUT2D eigenvalue weighted by Crippen LogP contribution is 2.38. The van der Waals surface area contributed by atoms with E-state index in [0.29, 0.717) is 33.7 Å². The van der Waals surface area contributed by atoms with Crippen LogP contribution >= 0.6 is 11.6 Å². The van der Waals surface area contributed by atoms with Crippen molar-refractivity contribution in [1.29, 1.82) is 0 Å². The van der Waals surface area contributed by atoms with Crippen molar-refractivity contribution in [1.82, 2.24) is 4.98 Å². The van der Waals surface area contributed by atoms with Crippen LogP contribution in [0.25, 0.3) is 22.2 Å². The van der Waals surface area contributed by atoms with Gasteiger partial charge in [0.25, 0.3) is 0 Å². The van der Waals surface area contributed by atoms with Gasteiger partial charge in [-0.25, -0.2) is 9.37 Å². The Morgan fingerprint density at radius 1 is 1.09 bits per heavy atom. The zero-order valence-corrected chi connectivity index (χ0v) is 27.3. The minimum Gasteiger partial charge on any atom is -0.440 e. The Morgan fingerprint density at radius 3 is 2.39 bits per heavy atom. The van der Waals surface area contributed by atoms with Crippen LogP contribution in [0.1, 0.15) is 56.3 Å². The van der Waals surface area contributed by atoms with Crippen LogP contribution in [0.4, 0.5) is 29.1 Å². The van der Waals surface area contributed by atoms with Gasteiger partial charge in [0.2, 0.25) is 5.88 Å². The Balaban J connectivity index is 1.52. The molecule has 1 fully saturated rings. The molecule has 0 radical (unpaired) electrons. The second-order valence-electron chi connectivity index (χ2n) is 12.3. The summed E-state index contributed by atoms with van der Waals surface area (Å²) in [5.74, 6) is -1.96. The smallest absolute Gasteiger partial charge is 0.440 e. The van der Waals surface area contributed by atoms with Crippen LogP contribution in [0.5, 0.6) is 5.75 Å². The summed E-state index contributed by atoms with van der Waals surface area (Å²) < 4.78 is 86.4. The lowest BCUT2D eigenvalue weighted by atomic mass is 9.82. The molecule has 3 heterocycles. The van der Waals surface area contributed by atoms with E-state index in [4.69, 9.17) is 16.0 Å². The van der Waals surface area contributed by atoms with Crippen molar-refractivity contribution in [3.8, 4) is 17.0 Å². The average molecular weight is 682 g/mol. The normalized spacial score (nSPS) is 16.0. The summed E-state index contributed by atoms with van der Waals surface area (Å²) in [5, 5.41) is 3.79. The topological polar surface area (TPSA) is 102 Å². The highest BCUT2D eigenvalue weighted by Gasteiger charge is 2.49. The third-order valence-electron chi connectivity index (χ3n) is 8.16. The highest BCUT2D eigenvalue weighted by atomic mass is 35.5. The molecule has 0 bridgehead atoms. The summed E-state index contributed by atoms with van der Waals surface area (Å²) in [5.41, 5.74) is -2.61. The first-order chi connectivity index (χ1) is 21.4. The molecule has 1 unspecified atom stereocenters. The number of fused-ring (bicyclic) bond motifs is 1. The van der Waals surface area contributed by atoms with Gasteiger partial charge >= 0.3 is 15.6 Å². The van der Waals surface area contributed by atoms with E-state index in [0.717, 1.165) is 49.7 Å². The number of benzene rings is 2. The average Bonchev–Trinajstić information content (AvgIpc) is 2.96. The van der Waals surface area contributed by atoms with Gasteiger partial charge in [-0.3, -0.25) is 4.79 Å². The number of hydrogen-bond acceptors (Lipinski definition) is 8. The molecule has 4 aromatic rings. The standard InChI is InChI=1S/C32H32ClF4N3O5S/c1-17-14-21(29-22(15-17)28(41)18(2)30(44-29)40-12-10-31(4,5)11-13-40)19(3)38-24-7-9-26(33)39-27(24)20-6-8-25(23(34)16-20)45-46(42,43)32(35,36)37/h6-9,14-16,19,38H,10-13H2,1-5H3. The molecule has 0 spiro atoms. The number of piperidine rings is 1. The van der Waals surface area contributed by atoms with Crippen LogP contribution in [0.2, 0.25) is 5.15 Å². The van der Waals surface area contributed by atoms with E-state index in [1.54, 1.807) is 19.1 Å². The van der Waals surface area contributed by atoms with Gasteiger partial charge in [-0.15, -0.1) is 0 Å². The molecule has 0 aliphatic carbocycles. The van der Waals surface area contributed by atoms with Gasteiger partial charge in [0, 0.05) is 24.2 Å². The monoisotopic (exact) mass is 681 g/mol. The number of aromatic nitrogens is 1.